The van der Waals surface area contributed by atoms with Crippen molar-refractivity contribution in [1.29, 1.82) is 0 Å². The monoisotopic (exact) mass is 234 g/mol. The van der Waals surface area contributed by atoms with Gasteiger partial charge in [0.1, 0.15) is 11.9 Å². The van der Waals surface area contributed by atoms with Crippen LogP contribution in [-0.4, -0.2) is 26.2 Å². The number of hydrogen-bond donors (Lipinski definition) is 1. The van der Waals surface area contributed by atoms with Crippen LogP contribution in [0.2, 0.25) is 0 Å². The van der Waals surface area contributed by atoms with Gasteiger partial charge >= 0.3 is 0 Å². The third kappa shape index (κ3) is 2.39. The maximum Gasteiger partial charge on any atom is 0.143 e. The van der Waals surface area contributed by atoms with Gasteiger partial charge in [-0.1, -0.05) is 26.8 Å². The van der Waals surface area contributed by atoms with Crippen LogP contribution in [0.3, 0.4) is 0 Å². The van der Waals surface area contributed by atoms with E-state index in [-0.39, 0.29) is 11.5 Å². The summed E-state index contributed by atoms with van der Waals surface area (Å²) in [6.45, 7) is 8.09. The molecule has 0 bridgehead atoms. The van der Waals surface area contributed by atoms with Crippen molar-refractivity contribution < 1.29 is 4.74 Å². The number of ether oxygens (including phenoxy) is 1. The van der Waals surface area contributed by atoms with E-state index in [0.717, 1.165) is 12.3 Å². The lowest BCUT2D eigenvalue weighted by Crippen LogP contribution is -2.42. The number of hydrogen-bond acceptors (Lipinski definition) is 3. The zero-order valence-corrected chi connectivity index (χ0v) is 11.2. The summed E-state index contributed by atoms with van der Waals surface area (Å²) in [6, 6.07) is 6.43. The summed E-state index contributed by atoms with van der Waals surface area (Å²) in [7, 11) is 2.09. The Morgan fingerprint density at radius 2 is 2.12 bits per heavy atom. The molecule has 94 valence electrons. The molecule has 1 atom stereocenters. The minimum atomic E-state index is 0.105. The normalized spacial score (nSPS) is 19.8. The second-order valence-corrected chi connectivity index (χ2v) is 5.79. The maximum atomic E-state index is 5.85. The van der Waals surface area contributed by atoms with Gasteiger partial charge in [0.05, 0.1) is 12.2 Å². The molecule has 3 nitrogen and oxygen atoms in total. The predicted octanol–water partition coefficient (Wildman–Crippen LogP) is 2.14. The van der Waals surface area contributed by atoms with E-state index in [1.165, 1.54) is 11.3 Å². The first-order chi connectivity index (χ1) is 7.91. The van der Waals surface area contributed by atoms with E-state index in [1.807, 2.05) is 0 Å². The molecule has 0 saturated heterocycles. The molecule has 0 aliphatic carbocycles. The van der Waals surface area contributed by atoms with E-state index >= 15 is 0 Å². The van der Waals surface area contributed by atoms with Gasteiger partial charge in [0.15, 0.2) is 0 Å². The Balaban J connectivity index is 2.37. The number of rotatable bonds is 1. The Bertz CT molecular complexity index is 409. The third-order valence-electron chi connectivity index (χ3n) is 3.27. The maximum absolute atomic E-state index is 5.85. The summed E-state index contributed by atoms with van der Waals surface area (Å²) in [5.74, 6) is 0.946. The first-order valence-corrected chi connectivity index (χ1v) is 6.14. The van der Waals surface area contributed by atoms with Gasteiger partial charge in [-0.05, 0) is 23.1 Å². The van der Waals surface area contributed by atoms with Crippen LogP contribution in [0.5, 0.6) is 5.75 Å². The van der Waals surface area contributed by atoms with Gasteiger partial charge in [0, 0.05) is 13.6 Å². The highest BCUT2D eigenvalue weighted by molar-refractivity contribution is 5.62. The second kappa shape index (κ2) is 4.22. The van der Waals surface area contributed by atoms with Crippen molar-refractivity contribution >= 4 is 5.69 Å². The summed E-state index contributed by atoms with van der Waals surface area (Å²) in [4.78, 5) is 2.23. The topological polar surface area (TPSA) is 38.5 Å². The molecule has 2 rings (SSSR count). The van der Waals surface area contributed by atoms with Gasteiger partial charge in [0.25, 0.3) is 0 Å². The summed E-state index contributed by atoms with van der Waals surface area (Å²) >= 11 is 0. The fourth-order valence-electron chi connectivity index (χ4n) is 2.13. The van der Waals surface area contributed by atoms with E-state index in [4.69, 9.17) is 10.5 Å². The predicted molar refractivity (Wildman–Crippen MR) is 71.9 cm³/mol. The lowest BCUT2D eigenvalue weighted by molar-refractivity contribution is 0.203. The molecule has 0 radical (unpaired) electrons. The molecule has 1 aliphatic rings. The molecule has 0 spiro atoms. The van der Waals surface area contributed by atoms with E-state index in [1.54, 1.807) is 0 Å². The molecule has 0 aromatic heterocycles. The smallest absolute Gasteiger partial charge is 0.143 e. The number of anilines is 1. The van der Waals surface area contributed by atoms with Crippen molar-refractivity contribution in [3.63, 3.8) is 0 Å². The number of fused-ring (bicyclic) bond motifs is 1. The number of nitrogens with two attached hydrogens (primary N) is 1. The summed E-state index contributed by atoms with van der Waals surface area (Å²) in [6.07, 6.45) is 0.105. The van der Waals surface area contributed by atoms with Gasteiger partial charge < -0.3 is 15.4 Å². The van der Waals surface area contributed by atoms with E-state index < -0.39 is 0 Å². The highest BCUT2D eigenvalue weighted by atomic mass is 16.5. The minimum Gasteiger partial charge on any atom is -0.485 e. The molecule has 1 unspecified atom stereocenters. The van der Waals surface area contributed by atoms with Gasteiger partial charge in [-0.3, -0.25) is 0 Å². The average Bonchev–Trinajstić information content (AvgIpc) is 2.27. The Kier molecular flexibility index (Phi) is 3.04. The van der Waals surface area contributed by atoms with Crippen LogP contribution in [0, 0.1) is 0 Å². The van der Waals surface area contributed by atoms with Crippen LogP contribution in [-0.2, 0) is 5.41 Å². The van der Waals surface area contributed by atoms with Crippen LogP contribution in [0.4, 0.5) is 5.69 Å². The van der Waals surface area contributed by atoms with Crippen LogP contribution in [0.25, 0.3) is 0 Å². The van der Waals surface area contributed by atoms with Gasteiger partial charge in [-0.25, -0.2) is 0 Å². The molecule has 0 fully saturated rings. The van der Waals surface area contributed by atoms with Crippen LogP contribution >= 0.6 is 0 Å². The van der Waals surface area contributed by atoms with Gasteiger partial charge in [-0.15, -0.1) is 0 Å². The Hall–Kier alpha value is -1.22. The molecule has 3 heteroatoms. The van der Waals surface area contributed by atoms with Crippen molar-refractivity contribution in [1.82, 2.24) is 0 Å². The number of benzene rings is 1. The molecule has 1 aromatic carbocycles. The van der Waals surface area contributed by atoms with E-state index in [2.05, 4.69) is 50.9 Å². The van der Waals surface area contributed by atoms with E-state index in [0.29, 0.717) is 6.54 Å². The molecule has 0 amide bonds. The van der Waals surface area contributed by atoms with Crippen molar-refractivity contribution in [3.8, 4) is 5.75 Å². The molecular formula is C14H22N2O. The fourth-order valence-corrected chi connectivity index (χ4v) is 2.13. The van der Waals surface area contributed by atoms with Crippen molar-refractivity contribution in [2.75, 3.05) is 25.0 Å². The lowest BCUT2D eigenvalue weighted by Gasteiger charge is -2.34. The first kappa shape index (κ1) is 12.2. The van der Waals surface area contributed by atoms with Crippen LogP contribution in [0.15, 0.2) is 18.2 Å². The number of nitrogens with zero attached hydrogens (tertiary/aromatic N) is 1. The molecule has 1 heterocycles. The second-order valence-electron chi connectivity index (χ2n) is 5.79. The third-order valence-corrected chi connectivity index (χ3v) is 3.27. The van der Waals surface area contributed by atoms with Crippen molar-refractivity contribution in [3.05, 3.63) is 23.8 Å². The standard InChI is InChI=1S/C14H22N2O/c1-14(2,3)10-5-6-13-12(7-10)16(4)9-11(8-15)17-13/h5-7,11H,8-9,15H2,1-4H3. The van der Waals surface area contributed by atoms with Gasteiger partial charge in [0.2, 0.25) is 0 Å². The van der Waals surface area contributed by atoms with Crippen LogP contribution in [0.1, 0.15) is 26.3 Å². The summed E-state index contributed by atoms with van der Waals surface area (Å²) in [5.41, 5.74) is 8.34. The van der Waals surface area contributed by atoms with Gasteiger partial charge in [-0.2, -0.15) is 0 Å². The van der Waals surface area contributed by atoms with Crippen LogP contribution < -0.4 is 15.4 Å². The Morgan fingerprint density at radius 3 is 2.71 bits per heavy atom. The summed E-state index contributed by atoms with van der Waals surface area (Å²) in [5, 5.41) is 0. The lowest BCUT2D eigenvalue weighted by atomic mass is 9.86. The quantitative estimate of drug-likeness (QED) is 0.809. The fraction of sp³-hybridized carbons (Fsp3) is 0.571. The zero-order chi connectivity index (χ0) is 12.6. The summed E-state index contributed by atoms with van der Waals surface area (Å²) < 4.78 is 5.85. The molecule has 2 N–H and O–H groups in total. The first-order valence-electron chi connectivity index (χ1n) is 6.14. The zero-order valence-electron chi connectivity index (χ0n) is 11.2. The molecular weight excluding hydrogens is 212 g/mol. The SMILES string of the molecule is CN1CC(CN)Oc2ccc(C(C)(C)C)cc21. The van der Waals surface area contributed by atoms with Crippen molar-refractivity contribution in [2.24, 2.45) is 5.73 Å². The average molecular weight is 234 g/mol. The Morgan fingerprint density at radius 1 is 1.41 bits per heavy atom. The number of likely N-dealkylation sites (N-methyl/N-ethyl adjacent to an activating group) is 1. The largest absolute Gasteiger partial charge is 0.485 e. The molecule has 17 heavy (non-hydrogen) atoms. The molecule has 1 aliphatic heterocycles. The molecule has 1 aromatic rings. The minimum absolute atomic E-state index is 0.105. The highest BCUT2D eigenvalue weighted by Gasteiger charge is 2.24. The Labute approximate surface area is 104 Å². The van der Waals surface area contributed by atoms with E-state index in [9.17, 15) is 0 Å². The molecule has 0 saturated carbocycles. The van der Waals surface area contributed by atoms with Crippen molar-refractivity contribution in [2.45, 2.75) is 32.3 Å². The highest BCUT2D eigenvalue weighted by Crippen LogP contribution is 2.36.